The van der Waals surface area contributed by atoms with Crippen LogP contribution in [0.5, 0.6) is 5.75 Å². The average molecular weight is 343 g/mol. The highest BCUT2D eigenvalue weighted by Gasteiger charge is 2.57. The molecular weight excluding hydrogens is 318 g/mol. The smallest absolute Gasteiger partial charge is 0.307 e. The fraction of sp³-hybridized carbons (Fsp3) is 0.500. The predicted molar refractivity (Wildman–Crippen MR) is 95.4 cm³/mol. The minimum absolute atomic E-state index is 0.00331. The molecule has 2 fully saturated rings. The molecule has 2 saturated carbocycles. The number of benzene rings is 1. The number of anilines is 1. The lowest BCUT2D eigenvalue weighted by Crippen LogP contribution is -2.37. The average Bonchev–Trinajstić information content (AvgIpc) is 3.13. The number of carbonyl (C=O) groups is 2. The highest BCUT2D eigenvalue weighted by Crippen LogP contribution is 2.57. The molecule has 1 aromatic carbocycles. The second-order valence-corrected chi connectivity index (χ2v) is 7.08. The van der Waals surface area contributed by atoms with Gasteiger partial charge in [-0.1, -0.05) is 11.1 Å². The van der Waals surface area contributed by atoms with Gasteiger partial charge in [0, 0.05) is 5.69 Å². The number of hydrogen-bond acceptors (Lipinski definition) is 3. The number of amides is 1. The number of hydrogen-bond donors (Lipinski definition) is 2. The third-order valence-corrected chi connectivity index (χ3v) is 5.44. The summed E-state index contributed by atoms with van der Waals surface area (Å²) >= 11 is 0. The Balaban J connectivity index is 1.81. The summed E-state index contributed by atoms with van der Waals surface area (Å²) in [6.07, 6.45) is 1.77. The molecule has 4 atom stereocenters. The third-order valence-electron chi connectivity index (χ3n) is 5.44. The lowest BCUT2D eigenvalue weighted by atomic mass is 9.78. The number of carboxylic acid groups (broad SMARTS) is 1. The summed E-state index contributed by atoms with van der Waals surface area (Å²) in [6, 6.07) is 7.17. The fourth-order valence-corrected chi connectivity index (χ4v) is 4.63. The van der Waals surface area contributed by atoms with Crippen molar-refractivity contribution in [3.8, 4) is 5.75 Å². The number of aliphatic carboxylic acids is 1. The van der Waals surface area contributed by atoms with Gasteiger partial charge in [-0.05, 0) is 69.7 Å². The summed E-state index contributed by atoms with van der Waals surface area (Å²) in [5.74, 6) is -1.36. The van der Waals surface area contributed by atoms with Gasteiger partial charge in [0.25, 0.3) is 0 Å². The molecule has 3 rings (SSSR count). The summed E-state index contributed by atoms with van der Waals surface area (Å²) in [5.41, 5.74) is 3.02. The van der Waals surface area contributed by atoms with Crippen LogP contribution in [-0.4, -0.2) is 23.6 Å². The molecule has 0 saturated heterocycles. The van der Waals surface area contributed by atoms with Gasteiger partial charge >= 0.3 is 5.97 Å². The zero-order chi connectivity index (χ0) is 18.1. The van der Waals surface area contributed by atoms with E-state index in [9.17, 15) is 14.7 Å². The van der Waals surface area contributed by atoms with Gasteiger partial charge < -0.3 is 15.2 Å². The van der Waals surface area contributed by atoms with Crippen molar-refractivity contribution in [2.75, 3.05) is 11.9 Å². The largest absolute Gasteiger partial charge is 0.494 e. The molecule has 0 aliphatic heterocycles. The maximum atomic E-state index is 12.9. The minimum atomic E-state index is -0.863. The van der Waals surface area contributed by atoms with Crippen LogP contribution in [0, 0.1) is 23.7 Å². The molecule has 1 aromatic rings. The van der Waals surface area contributed by atoms with E-state index < -0.39 is 17.8 Å². The molecule has 0 aromatic heterocycles. The van der Waals surface area contributed by atoms with Crippen molar-refractivity contribution < 1.29 is 19.4 Å². The monoisotopic (exact) mass is 343 g/mol. The number of allylic oxidation sites excluding steroid dienone is 2. The van der Waals surface area contributed by atoms with E-state index in [-0.39, 0.29) is 17.7 Å². The van der Waals surface area contributed by atoms with E-state index in [1.165, 1.54) is 5.57 Å². The van der Waals surface area contributed by atoms with Gasteiger partial charge in [-0.2, -0.15) is 0 Å². The van der Waals surface area contributed by atoms with Gasteiger partial charge in [0.2, 0.25) is 5.91 Å². The fourth-order valence-electron chi connectivity index (χ4n) is 4.63. The molecule has 2 N–H and O–H groups in total. The first-order valence-electron chi connectivity index (χ1n) is 8.87. The summed E-state index contributed by atoms with van der Waals surface area (Å²) in [6.45, 7) is 6.54. The maximum absolute atomic E-state index is 12.9. The van der Waals surface area contributed by atoms with Crippen LogP contribution in [-0.2, 0) is 9.59 Å². The normalized spacial score (nSPS) is 27.2. The molecule has 0 spiro atoms. The van der Waals surface area contributed by atoms with E-state index in [1.807, 2.05) is 20.8 Å². The van der Waals surface area contributed by atoms with Crippen LogP contribution in [0.1, 0.15) is 33.6 Å². The van der Waals surface area contributed by atoms with Gasteiger partial charge in [0.15, 0.2) is 0 Å². The van der Waals surface area contributed by atoms with E-state index >= 15 is 0 Å². The number of carboxylic acids is 1. The van der Waals surface area contributed by atoms with Crippen molar-refractivity contribution in [1.29, 1.82) is 0 Å². The highest BCUT2D eigenvalue weighted by molar-refractivity contribution is 5.96. The van der Waals surface area contributed by atoms with Gasteiger partial charge in [0.1, 0.15) is 5.75 Å². The summed E-state index contributed by atoms with van der Waals surface area (Å²) in [4.78, 5) is 24.7. The summed E-state index contributed by atoms with van der Waals surface area (Å²) in [5, 5.41) is 12.6. The molecule has 2 bridgehead atoms. The molecule has 1 amide bonds. The SMILES string of the molecule is CCOc1ccc(NC(=O)[C@@H]2[C@@H](C(=O)O)[C@@H]3CC[C@H]2C3=C(C)C)cc1. The van der Waals surface area contributed by atoms with E-state index in [1.54, 1.807) is 24.3 Å². The molecule has 0 radical (unpaired) electrons. The lowest BCUT2D eigenvalue weighted by Gasteiger charge is -2.26. The Bertz CT molecular complexity index is 703. The zero-order valence-electron chi connectivity index (χ0n) is 14.9. The molecule has 134 valence electrons. The van der Waals surface area contributed by atoms with Crippen LogP contribution >= 0.6 is 0 Å². The summed E-state index contributed by atoms with van der Waals surface area (Å²) < 4.78 is 5.40. The van der Waals surface area contributed by atoms with Crippen molar-refractivity contribution in [2.45, 2.75) is 33.6 Å². The predicted octanol–water partition coefficient (Wildman–Crippen LogP) is 3.72. The number of carbonyl (C=O) groups excluding carboxylic acids is 1. The first kappa shape index (κ1) is 17.5. The highest BCUT2D eigenvalue weighted by atomic mass is 16.5. The van der Waals surface area contributed by atoms with E-state index in [0.717, 1.165) is 24.2 Å². The van der Waals surface area contributed by atoms with Crippen molar-refractivity contribution in [2.24, 2.45) is 23.7 Å². The molecule has 5 nitrogen and oxygen atoms in total. The Morgan fingerprint density at radius 2 is 1.72 bits per heavy atom. The quantitative estimate of drug-likeness (QED) is 0.799. The number of nitrogens with one attached hydrogen (secondary N) is 1. The molecule has 2 aliphatic rings. The third kappa shape index (κ3) is 3.15. The topological polar surface area (TPSA) is 75.6 Å². The van der Waals surface area contributed by atoms with Crippen molar-refractivity contribution in [1.82, 2.24) is 0 Å². The second-order valence-electron chi connectivity index (χ2n) is 7.08. The van der Waals surface area contributed by atoms with E-state index in [4.69, 9.17) is 4.74 Å². The number of ether oxygens (including phenoxy) is 1. The molecule has 0 heterocycles. The summed E-state index contributed by atoms with van der Waals surface area (Å²) in [7, 11) is 0. The Hall–Kier alpha value is -2.30. The van der Waals surface area contributed by atoms with Gasteiger partial charge in [-0.25, -0.2) is 0 Å². The maximum Gasteiger partial charge on any atom is 0.307 e. The number of rotatable bonds is 5. The minimum Gasteiger partial charge on any atom is -0.494 e. The number of fused-ring (bicyclic) bond motifs is 2. The van der Waals surface area contributed by atoms with Gasteiger partial charge in [-0.3, -0.25) is 9.59 Å². The molecule has 25 heavy (non-hydrogen) atoms. The van der Waals surface area contributed by atoms with Crippen LogP contribution in [0.3, 0.4) is 0 Å². The molecular formula is C20H25NO4. The van der Waals surface area contributed by atoms with Gasteiger partial charge in [-0.15, -0.1) is 0 Å². The van der Waals surface area contributed by atoms with Crippen LogP contribution in [0.4, 0.5) is 5.69 Å². The Morgan fingerprint density at radius 1 is 1.12 bits per heavy atom. The van der Waals surface area contributed by atoms with Crippen LogP contribution < -0.4 is 10.1 Å². The Morgan fingerprint density at radius 3 is 2.24 bits per heavy atom. The standard InChI is InChI=1S/C20H25NO4/c1-4-25-13-7-5-12(6-8-13)21-19(22)17-14-9-10-15(16(14)11(2)3)18(17)20(23)24/h5-8,14-15,17-18H,4,9-10H2,1-3H3,(H,21,22)(H,23,24)/t14-,15+,17-,18-/m0/s1. The Labute approximate surface area is 148 Å². The van der Waals surface area contributed by atoms with Crippen LogP contribution in [0.15, 0.2) is 35.4 Å². The molecule has 0 unspecified atom stereocenters. The van der Waals surface area contributed by atoms with Gasteiger partial charge in [0.05, 0.1) is 18.4 Å². The van der Waals surface area contributed by atoms with E-state index in [0.29, 0.717) is 12.3 Å². The Kier molecular flexibility index (Phi) is 4.84. The first-order chi connectivity index (χ1) is 11.9. The van der Waals surface area contributed by atoms with Crippen LogP contribution in [0.2, 0.25) is 0 Å². The lowest BCUT2D eigenvalue weighted by molar-refractivity contribution is -0.148. The van der Waals surface area contributed by atoms with E-state index in [2.05, 4.69) is 5.32 Å². The van der Waals surface area contributed by atoms with Crippen molar-refractivity contribution in [3.05, 3.63) is 35.4 Å². The van der Waals surface area contributed by atoms with Crippen molar-refractivity contribution >= 4 is 17.6 Å². The van der Waals surface area contributed by atoms with Crippen LogP contribution in [0.25, 0.3) is 0 Å². The van der Waals surface area contributed by atoms with Crippen molar-refractivity contribution in [3.63, 3.8) is 0 Å². The first-order valence-corrected chi connectivity index (χ1v) is 8.87. The molecule has 5 heteroatoms. The second kappa shape index (κ2) is 6.90. The molecule has 2 aliphatic carbocycles. The zero-order valence-corrected chi connectivity index (χ0v) is 14.9.